The van der Waals surface area contributed by atoms with Crippen LogP contribution < -0.4 is 15.5 Å². The number of nitrogens with one attached hydrogen (secondary N) is 2. The molecule has 11 heteroatoms. The molecular formula is C29H27F3N8. The third-order valence-corrected chi connectivity index (χ3v) is 7.01. The fourth-order valence-corrected chi connectivity index (χ4v) is 4.98. The summed E-state index contributed by atoms with van der Waals surface area (Å²) in [7, 11) is 0. The van der Waals surface area contributed by atoms with Crippen molar-refractivity contribution >= 4 is 17.4 Å². The first kappa shape index (κ1) is 25.8. The molecule has 1 fully saturated rings. The lowest BCUT2D eigenvalue weighted by Gasteiger charge is -2.29. The summed E-state index contributed by atoms with van der Waals surface area (Å²) >= 11 is 0. The van der Waals surface area contributed by atoms with Crippen LogP contribution in [0.25, 0.3) is 28.0 Å². The topological polar surface area (TPSA) is 83.3 Å². The zero-order valence-electron chi connectivity index (χ0n) is 21.7. The molecule has 3 aromatic heterocycles. The summed E-state index contributed by atoms with van der Waals surface area (Å²) in [6.07, 6.45) is -1.26. The molecule has 0 aliphatic carbocycles. The molecule has 4 heterocycles. The zero-order chi connectivity index (χ0) is 27.7. The molecular weight excluding hydrogens is 517 g/mol. The van der Waals surface area contributed by atoms with Gasteiger partial charge in [0, 0.05) is 44.0 Å². The van der Waals surface area contributed by atoms with Crippen molar-refractivity contribution in [2.75, 3.05) is 36.4 Å². The van der Waals surface area contributed by atoms with E-state index in [0.29, 0.717) is 39.8 Å². The second kappa shape index (κ2) is 10.6. The Hall–Kier alpha value is -4.51. The average Bonchev–Trinajstić information content (AvgIpc) is 3.47. The highest BCUT2D eigenvalue weighted by Crippen LogP contribution is 2.39. The molecule has 204 valence electrons. The number of piperazine rings is 1. The van der Waals surface area contributed by atoms with Crippen LogP contribution in [-0.2, 0) is 6.18 Å². The smallest absolute Gasteiger partial charge is 0.364 e. The van der Waals surface area contributed by atoms with Crippen molar-refractivity contribution in [1.82, 2.24) is 29.9 Å². The number of anilines is 2. The fraction of sp³-hybridized carbons (Fsp3) is 0.241. The van der Waals surface area contributed by atoms with Crippen LogP contribution in [0.1, 0.15) is 24.1 Å². The Morgan fingerprint density at radius 1 is 0.950 bits per heavy atom. The molecule has 0 spiro atoms. The summed E-state index contributed by atoms with van der Waals surface area (Å²) in [5.41, 5.74) is 2.82. The molecule has 40 heavy (non-hydrogen) atoms. The molecule has 0 saturated carbocycles. The molecule has 1 aliphatic heterocycles. The number of alkyl halides is 3. The molecule has 1 saturated heterocycles. The lowest BCUT2D eigenvalue weighted by Crippen LogP contribution is -2.44. The van der Waals surface area contributed by atoms with Gasteiger partial charge in [-0.15, -0.1) is 10.2 Å². The molecule has 0 radical (unpaired) electrons. The summed E-state index contributed by atoms with van der Waals surface area (Å²) in [4.78, 5) is 11.7. The number of benzene rings is 2. The van der Waals surface area contributed by atoms with Gasteiger partial charge >= 0.3 is 6.18 Å². The van der Waals surface area contributed by atoms with Crippen LogP contribution in [0.3, 0.4) is 0 Å². The third kappa shape index (κ3) is 5.07. The zero-order valence-corrected chi connectivity index (χ0v) is 21.7. The maximum atomic E-state index is 13.7. The molecule has 2 aromatic carbocycles. The van der Waals surface area contributed by atoms with E-state index in [1.54, 1.807) is 23.0 Å². The summed E-state index contributed by atoms with van der Waals surface area (Å²) < 4.78 is 42.9. The van der Waals surface area contributed by atoms with E-state index in [4.69, 9.17) is 4.98 Å². The monoisotopic (exact) mass is 544 g/mol. The first-order valence-corrected chi connectivity index (χ1v) is 13.0. The van der Waals surface area contributed by atoms with E-state index in [2.05, 4.69) is 30.7 Å². The van der Waals surface area contributed by atoms with Crippen LogP contribution in [0.4, 0.5) is 24.9 Å². The molecule has 0 bridgehead atoms. The summed E-state index contributed by atoms with van der Waals surface area (Å²) in [6.45, 7) is 5.06. The largest absolute Gasteiger partial charge is 0.416 e. The number of hydrogen-bond acceptors (Lipinski definition) is 7. The third-order valence-electron chi connectivity index (χ3n) is 7.01. The minimum Gasteiger partial charge on any atom is -0.364 e. The lowest BCUT2D eigenvalue weighted by atomic mass is 9.98. The minimum absolute atomic E-state index is 0.0183. The minimum atomic E-state index is -4.49. The highest BCUT2D eigenvalue weighted by molar-refractivity contribution is 5.91. The van der Waals surface area contributed by atoms with Crippen molar-refractivity contribution in [1.29, 1.82) is 0 Å². The van der Waals surface area contributed by atoms with Crippen molar-refractivity contribution in [2.24, 2.45) is 0 Å². The van der Waals surface area contributed by atoms with Gasteiger partial charge in [0.1, 0.15) is 12.1 Å². The predicted octanol–water partition coefficient (Wildman–Crippen LogP) is 5.45. The summed E-state index contributed by atoms with van der Waals surface area (Å²) in [6, 6.07) is 18.9. The Bertz CT molecular complexity index is 1630. The van der Waals surface area contributed by atoms with E-state index < -0.39 is 11.7 Å². The number of hydrogen-bond donors (Lipinski definition) is 2. The Kier molecular flexibility index (Phi) is 6.81. The first-order valence-electron chi connectivity index (χ1n) is 13.0. The Balaban J connectivity index is 1.52. The Morgan fingerprint density at radius 3 is 2.52 bits per heavy atom. The molecule has 6 rings (SSSR count). The van der Waals surface area contributed by atoms with Crippen molar-refractivity contribution in [2.45, 2.75) is 19.1 Å². The molecule has 1 atom stereocenters. The summed E-state index contributed by atoms with van der Waals surface area (Å²) in [5, 5.41) is 15.2. The maximum absolute atomic E-state index is 13.7. The van der Waals surface area contributed by atoms with Crippen LogP contribution in [-0.4, -0.2) is 50.7 Å². The van der Waals surface area contributed by atoms with Gasteiger partial charge in [-0.1, -0.05) is 42.5 Å². The highest BCUT2D eigenvalue weighted by Gasteiger charge is 2.31. The summed E-state index contributed by atoms with van der Waals surface area (Å²) in [5.74, 6) is 1.26. The van der Waals surface area contributed by atoms with Gasteiger partial charge in [0.15, 0.2) is 5.65 Å². The van der Waals surface area contributed by atoms with Gasteiger partial charge in [0.05, 0.1) is 16.8 Å². The van der Waals surface area contributed by atoms with Gasteiger partial charge in [-0.25, -0.2) is 9.97 Å². The van der Waals surface area contributed by atoms with Crippen molar-refractivity contribution in [3.05, 3.63) is 90.4 Å². The van der Waals surface area contributed by atoms with Gasteiger partial charge in [-0.3, -0.25) is 4.40 Å². The normalized spacial score (nSPS) is 14.8. The second-order valence-corrected chi connectivity index (χ2v) is 9.68. The van der Waals surface area contributed by atoms with Crippen LogP contribution in [0.15, 0.2) is 79.3 Å². The standard InChI is InChI=1S/C29H27F3N8/c1-19(20-6-3-2-4-7-20)36-24-17-22(10-11-34-24)26-25(21-8-5-9-23(16-21)29(30,31)32)27-38-35-18-40(27)28(37-26)39-14-12-33-13-15-39/h2-11,16-19,33H,12-15H2,1H3,(H,34,36)/t19-/m0/s1. The van der Waals surface area contributed by atoms with E-state index in [1.807, 2.05) is 49.4 Å². The second-order valence-electron chi connectivity index (χ2n) is 9.68. The van der Waals surface area contributed by atoms with E-state index in [9.17, 15) is 13.2 Å². The first-order chi connectivity index (χ1) is 19.4. The van der Waals surface area contributed by atoms with E-state index in [1.165, 1.54) is 6.07 Å². The number of nitrogens with zero attached hydrogens (tertiary/aromatic N) is 6. The lowest BCUT2D eigenvalue weighted by molar-refractivity contribution is -0.137. The number of aromatic nitrogens is 5. The number of halogens is 3. The molecule has 8 nitrogen and oxygen atoms in total. The van der Waals surface area contributed by atoms with Gasteiger partial charge in [-0.2, -0.15) is 13.2 Å². The average molecular weight is 545 g/mol. The van der Waals surface area contributed by atoms with Gasteiger partial charge < -0.3 is 15.5 Å². The maximum Gasteiger partial charge on any atom is 0.416 e. The highest BCUT2D eigenvalue weighted by atomic mass is 19.4. The van der Waals surface area contributed by atoms with Crippen molar-refractivity contribution in [3.8, 4) is 22.4 Å². The molecule has 1 aliphatic rings. The van der Waals surface area contributed by atoms with Crippen LogP contribution in [0.5, 0.6) is 0 Å². The van der Waals surface area contributed by atoms with Gasteiger partial charge in [0.2, 0.25) is 5.95 Å². The van der Waals surface area contributed by atoms with E-state index in [0.717, 1.165) is 43.9 Å². The fourth-order valence-electron chi connectivity index (χ4n) is 4.98. The van der Waals surface area contributed by atoms with E-state index >= 15 is 0 Å². The van der Waals surface area contributed by atoms with Gasteiger partial charge in [0.25, 0.3) is 0 Å². The van der Waals surface area contributed by atoms with Crippen LogP contribution in [0.2, 0.25) is 0 Å². The Morgan fingerprint density at radius 2 is 1.75 bits per heavy atom. The van der Waals surface area contributed by atoms with E-state index in [-0.39, 0.29) is 6.04 Å². The molecule has 5 aromatic rings. The van der Waals surface area contributed by atoms with Gasteiger partial charge in [-0.05, 0) is 42.3 Å². The van der Waals surface area contributed by atoms with Crippen LogP contribution >= 0.6 is 0 Å². The molecule has 0 unspecified atom stereocenters. The van der Waals surface area contributed by atoms with Crippen molar-refractivity contribution < 1.29 is 13.2 Å². The number of fused-ring (bicyclic) bond motifs is 1. The van der Waals surface area contributed by atoms with Crippen molar-refractivity contribution in [3.63, 3.8) is 0 Å². The number of rotatable bonds is 6. The molecule has 0 amide bonds. The quantitative estimate of drug-likeness (QED) is 0.294. The SMILES string of the molecule is C[C@H](Nc1cc(-c2nc(N3CCNCC3)n3cnnc3c2-c2cccc(C(F)(F)F)c2)ccn1)c1ccccc1. The van der Waals surface area contributed by atoms with Crippen LogP contribution in [0, 0.1) is 0 Å². The molecule has 2 N–H and O–H groups in total. The number of pyridine rings is 1. The Labute approximate surface area is 228 Å². The predicted molar refractivity (Wildman–Crippen MR) is 148 cm³/mol.